The Balaban J connectivity index is 1.59. The van der Waals surface area contributed by atoms with Crippen LogP contribution in [0.25, 0.3) is 0 Å². The van der Waals surface area contributed by atoms with Gasteiger partial charge in [-0.05, 0) is 43.4 Å². The van der Waals surface area contributed by atoms with E-state index in [2.05, 4.69) is 29.6 Å². The highest BCUT2D eigenvalue weighted by atomic mass is 16.4. The van der Waals surface area contributed by atoms with Crippen molar-refractivity contribution in [2.75, 3.05) is 13.1 Å². The molecule has 1 aliphatic rings. The number of carboxylic acid groups (broad SMARTS) is 1. The molecule has 5 heteroatoms. The predicted octanol–water partition coefficient (Wildman–Crippen LogP) is 3.14. The van der Waals surface area contributed by atoms with Crippen LogP contribution < -0.4 is 5.32 Å². The molecule has 2 aromatic rings. The van der Waals surface area contributed by atoms with E-state index in [1.165, 1.54) is 0 Å². The fraction of sp³-hybridized carbons (Fsp3) is 0.417. The predicted molar refractivity (Wildman–Crippen MR) is 114 cm³/mol. The standard InChI is InChI=1S/C24H30N2O3/c1-2-26(17-23(27)28)22-15-21(16-22)25-24(29)20(13-18-9-5-3-6-10-18)14-19-11-7-4-8-12-19/h3-12,20-22H,2,13-17H2,1H3,(H,25,29)(H,27,28). The summed E-state index contributed by atoms with van der Waals surface area (Å²) in [6, 6.07) is 20.6. The van der Waals surface area contributed by atoms with Crippen LogP contribution in [0.2, 0.25) is 0 Å². The summed E-state index contributed by atoms with van der Waals surface area (Å²) in [7, 11) is 0. The molecule has 0 radical (unpaired) electrons. The van der Waals surface area contributed by atoms with Crippen molar-refractivity contribution in [3.05, 3.63) is 71.8 Å². The fourth-order valence-electron chi connectivity index (χ4n) is 4.05. The summed E-state index contributed by atoms with van der Waals surface area (Å²) in [4.78, 5) is 26.0. The summed E-state index contributed by atoms with van der Waals surface area (Å²) in [5, 5.41) is 12.2. The molecular weight excluding hydrogens is 364 g/mol. The van der Waals surface area contributed by atoms with Gasteiger partial charge >= 0.3 is 5.97 Å². The second-order valence-electron chi connectivity index (χ2n) is 7.86. The van der Waals surface area contributed by atoms with Crippen molar-refractivity contribution in [3.8, 4) is 0 Å². The Morgan fingerprint density at radius 2 is 1.52 bits per heavy atom. The van der Waals surface area contributed by atoms with Crippen molar-refractivity contribution in [3.63, 3.8) is 0 Å². The summed E-state index contributed by atoms with van der Waals surface area (Å²) < 4.78 is 0. The number of nitrogens with zero attached hydrogens (tertiary/aromatic N) is 1. The maximum Gasteiger partial charge on any atom is 0.317 e. The van der Waals surface area contributed by atoms with E-state index >= 15 is 0 Å². The van der Waals surface area contributed by atoms with Crippen LogP contribution in [0.3, 0.4) is 0 Å². The number of likely N-dealkylation sites (N-methyl/N-ethyl adjacent to an activating group) is 1. The molecule has 0 unspecified atom stereocenters. The first-order valence-corrected chi connectivity index (χ1v) is 10.4. The number of rotatable bonds is 10. The third kappa shape index (κ3) is 6.16. The van der Waals surface area contributed by atoms with Crippen molar-refractivity contribution < 1.29 is 14.7 Å². The number of amides is 1. The fourth-order valence-corrected chi connectivity index (χ4v) is 4.05. The first-order valence-electron chi connectivity index (χ1n) is 10.4. The lowest BCUT2D eigenvalue weighted by Gasteiger charge is -2.42. The molecule has 2 aromatic carbocycles. The molecule has 3 rings (SSSR count). The van der Waals surface area contributed by atoms with E-state index in [0.717, 1.165) is 24.0 Å². The van der Waals surface area contributed by atoms with Crippen LogP contribution in [0.1, 0.15) is 30.9 Å². The van der Waals surface area contributed by atoms with Crippen molar-refractivity contribution in [1.29, 1.82) is 0 Å². The minimum atomic E-state index is -0.801. The second-order valence-corrected chi connectivity index (χ2v) is 7.86. The van der Waals surface area contributed by atoms with Crippen LogP contribution in [0.15, 0.2) is 60.7 Å². The van der Waals surface area contributed by atoms with Crippen molar-refractivity contribution in [2.24, 2.45) is 5.92 Å². The Morgan fingerprint density at radius 3 is 1.97 bits per heavy atom. The number of carbonyl (C=O) groups excluding carboxylic acids is 1. The van der Waals surface area contributed by atoms with Gasteiger partial charge in [0, 0.05) is 18.0 Å². The van der Waals surface area contributed by atoms with Crippen LogP contribution in [-0.2, 0) is 22.4 Å². The highest BCUT2D eigenvalue weighted by molar-refractivity contribution is 5.79. The quantitative estimate of drug-likeness (QED) is 0.650. The molecule has 0 saturated heterocycles. The Morgan fingerprint density at radius 1 is 1.00 bits per heavy atom. The first-order chi connectivity index (χ1) is 14.0. The summed E-state index contributed by atoms with van der Waals surface area (Å²) in [6.07, 6.45) is 3.04. The SMILES string of the molecule is CCN(CC(=O)O)C1CC(NC(=O)C(Cc2ccccc2)Cc2ccccc2)C1. The largest absolute Gasteiger partial charge is 0.480 e. The van der Waals surface area contributed by atoms with Gasteiger partial charge in [0.25, 0.3) is 0 Å². The molecular formula is C24H30N2O3. The van der Waals surface area contributed by atoms with Crippen LogP contribution in [0.5, 0.6) is 0 Å². The third-order valence-electron chi connectivity index (χ3n) is 5.74. The van der Waals surface area contributed by atoms with E-state index in [1.807, 2.05) is 48.2 Å². The van der Waals surface area contributed by atoms with Gasteiger partial charge in [-0.3, -0.25) is 14.5 Å². The first kappa shape index (κ1) is 21.1. The number of hydrogen-bond acceptors (Lipinski definition) is 3. The monoisotopic (exact) mass is 394 g/mol. The molecule has 29 heavy (non-hydrogen) atoms. The minimum Gasteiger partial charge on any atom is -0.480 e. The highest BCUT2D eigenvalue weighted by Gasteiger charge is 2.35. The third-order valence-corrected chi connectivity index (χ3v) is 5.74. The second kappa shape index (κ2) is 10.2. The highest BCUT2D eigenvalue weighted by Crippen LogP contribution is 2.26. The zero-order valence-corrected chi connectivity index (χ0v) is 17.0. The van der Waals surface area contributed by atoms with Gasteiger partial charge < -0.3 is 10.4 Å². The zero-order valence-electron chi connectivity index (χ0n) is 17.0. The molecule has 1 aliphatic carbocycles. The van der Waals surface area contributed by atoms with Gasteiger partial charge in [-0.15, -0.1) is 0 Å². The average molecular weight is 395 g/mol. The topological polar surface area (TPSA) is 69.6 Å². The molecule has 0 aliphatic heterocycles. The summed E-state index contributed by atoms with van der Waals surface area (Å²) in [5.74, 6) is -0.840. The van der Waals surface area contributed by atoms with Gasteiger partial charge in [0.15, 0.2) is 0 Å². The molecule has 0 heterocycles. The molecule has 154 valence electrons. The van der Waals surface area contributed by atoms with Crippen molar-refractivity contribution >= 4 is 11.9 Å². The minimum absolute atomic E-state index is 0.0620. The lowest BCUT2D eigenvalue weighted by atomic mass is 9.84. The molecule has 1 saturated carbocycles. The lowest BCUT2D eigenvalue weighted by molar-refractivity contribution is -0.140. The maximum atomic E-state index is 13.1. The van der Waals surface area contributed by atoms with E-state index in [1.54, 1.807) is 0 Å². The molecule has 0 aromatic heterocycles. The van der Waals surface area contributed by atoms with Gasteiger partial charge in [0.2, 0.25) is 5.91 Å². The molecule has 2 N–H and O–H groups in total. The summed E-state index contributed by atoms with van der Waals surface area (Å²) in [6.45, 7) is 2.75. The smallest absolute Gasteiger partial charge is 0.317 e. The van der Waals surface area contributed by atoms with Gasteiger partial charge in [-0.25, -0.2) is 0 Å². The van der Waals surface area contributed by atoms with Crippen molar-refractivity contribution in [2.45, 2.75) is 44.7 Å². The van der Waals surface area contributed by atoms with E-state index < -0.39 is 5.97 Å². The summed E-state index contributed by atoms with van der Waals surface area (Å²) >= 11 is 0. The number of hydrogen-bond donors (Lipinski definition) is 2. The molecule has 0 atom stereocenters. The number of nitrogens with one attached hydrogen (secondary N) is 1. The molecule has 0 spiro atoms. The molecule has 0 bridgehead atoms. The van der Waals surface area contributed by atoms with Gasteiger partial charge in [0.05, 0.1) is 6.54 Å². The summed E-state index contributed by atoms with van der Waals surface area (Å²) in [5.41, 5.74) is 2.32. The Kier molecular flexibility index (Phi) is 7.42. The average Bonchev–Trinajstić information content (AvgIpc) is 2.69. The Labute approximate surface area is 172 Å². The van der Waals surface area contributed by atoms with Gasteiger partial charge in [-0.1, -0.05) is 67.6 Å². The van der Waals surface area contributed by atoms with E-state index in [4.69, 9.17) is 5.11 Å². The van der Waals surface area contributed by atoms with Crippen molar-refractivity contribution in [1.82, 2.24) is 10.2 Å². The molecule has 1 amide bonds. The Hall–Kier alpha value is -2.66. The number of aliphatic carboxylic acids is 1. The van der Waals surface area contributed by atoms with Gasteiger partial charge in [0.1, 0.15) is 0 Å². The van der Waals surface area contributed by atoms with E-state index in [9.17, 15) is 9.59 Å². The van der Waals surface area contributed by atoms with Crippen LogP contribution in [0, 0.1) is 5.92 Å². The Bertz CT molecular complexity index is 747. The van der Waals surface area contributed by atoms with Crippen LogP contribution in [0.4, 0.5) is 0 Å². The van der Waals surface area contributed by atoms with Crippen LogP contribution >= 0.6 is 0 Å². The van der Waals surface area contributed by atoms with Gasteiger partial charge in [-0.2, -0.15) is 0 Å². The number of carbonyl (C=O) groups is 2. The normalized spacial score (nSPS) is 18.4. The maximum absolute atomic E-state index is 13.1. The number of benzene rings is 2. The molecule has 1 fully saturated rings. The zero-order chi connectivity index (χ0) is 20.6. The van der Waals surface area contributed by atoms with E-state index in [-0.39, 0.29) is 30.5 Å². The van der Waals surface area contributed by atoms with E-state index in [0.29, 0.717) is 19.4 Å². The lowest BCUT2D eigenvalue weighted by Crippen LogP contribution is -2.55. The number of carboxylic acids is 1. The molecule has 5 nitrogen and oxygen atoms in total. The van der Waals surface area contributed by atoms with Crippen LogP contribution in [-0.4, -0.2) is 47.1 Å².